The second-order valence-electron chi connectivity index (χ2n) is 4.50. The van der Waals surface area contributed by atoms with Crippen LogP contribution in [0.1, 0.15) is 33.1 Å². The molecule has 0 heterocycles. The van der Waals surface area contributed by atoms with Gasteiger partial charge in [0.1, 0.15) is 6.04 Å². The average Bonchev–Trinajstić information content (AvgIpc) is 2.42. The van der Waals surface area contributed by atoms with Crippen LogP contribution in [0.3, 0.4) is 0 Å². The molecule has 2 atom stereocenters. The average molecular weight is 309 g/mol. The number of carbonyl (C=O) groups is 2. The molecule has 0 aromatic heterocycles. The number of sulfonamides is 1. The molecule has 118 valence electrons. The van der Waals surface area contributed by atoms with Gasteiger partial charge in [-0.3, -0.25) is 9.59 Å². The Morgan fingerprint density at radius 3 is 2.25 bits per heavy atom. The highest BCUT2D eigenvalue weighted by molar-refractivity contribution is 7.89. The van der Waals surface area contributed by atoms with Crippen molar-refractivity contribution >= 4 is 22.0 Å². The lowest BCUT2D eigenvalue weighted by molar-refractivity contribution is -0.144. The standard InChI is InChI=1S/C12H23NO6S/c1-5-9(2)11(12(15)19-4)13-20(16,17)8-6-7-10(14)18-3/h9,11,13H,5-8H2,1-4H3. The van der Waals surface area contributed by atoms with Crippen molar-refractivity contribution in [3.63, 3.8) is 0 Å². The van der Waals surface area contributed by atoms with Gasteiger partial charge in [0.05, 0.1) is 20.0 Å². The van der Waals surface area contributed by atoms with Crippen molar-refractivity contribution in [3.8, 4) is 0 Å². The van der Waals surface area contributed by atoms with E-state index in [0.29, 0.717) is 6.42 Å². The molecule has 20 heavy (non-hydrogen) atoms. The fourth-order valence-electron chi connectivity index (χ4n) is 1.52. The van der Waals surface area contributed by atoms with Crippen molar-refractivity contribution in [2.45, 2.75) is 39.2 Å². The van der Waals surface area contributed by atoms with E-state index in [4.69, 9.17) is 0 Å². The fourth-order valence-corrected chi connectivity index (χ4v) is 2.88. The lowest BCUT2D eigenvalue weighted by Gasteiger charge is -2.21. The van der Waals surface area contributed by atoms with Crippen molar-refractivity contribution in [2.75, 3.05) is 20.0 Å². The molecule has 0 radical (unpaired) electrons. The van der Waals surface area contributed by atoms with Crippen LogP contribution in [0.5, 0.6) is 0 Å². The summed E-state index contributed by atoms with van der Waals surface area (Å²) < 4.78 is 35.1. The van der Waals surface area contributed by atoms with Crippen molar-refractivity contribution in [1.82, 2.24) is 4.72 Å². The van der Waals surface area contributed by atoms with Gasteiger partial charge < -0.3 is 9.47 Å². The Hall–Kier alpha value is -1.15. The molecule has 7 nitrogen and oxygen atoms in total. The van der Waals surface area contributed by atoms with Gasteiger partial charge in [0, 0.05) is 6.42 Å². The molecule has 1 N–H and O–H groups in total. The molecule has 0 aromatic carbocycles. The van der Waals surface area contributed by atoms with Gasteiger partial charge in [0.2, 0.25) is 10.0 Å². The van der Waals surface area contributed by atoms with E-state index < -0.39 is 28.0 Å². The Morgan fingerprint density at radius 2 is 1.80 bits per heavy atom. The number of hydrogen-bond donors (Lipinski definition) is 1. The van der Waals surface area contributed by atoms with E-state index in [-0.39, 0.29) is 24.5 Å². The summed E-state index contributed by atoms with van der Waals surface area (Å²) in [6.07, 6.45) is 0.782. The van der Waals surface area contributed by atoms with Crippen molar-refractivity contribution < 1.29 is 27.5 Å². The third kappa shape index (κ3) is 6.85. The Bertz CT molecular complexity index is 420. The van der Waals surface area contributed by atoms with E-state index >= 15 is 0 Å². The van der Waals surface area contributed by atoms with Gasteiger partial charge in [0.15, 0.2) is 0 Å². The van der Waals surface area contributed by atoms with Crippen LogP contribution in [0.2, 0.25) is 0 Å². The first kappa shape index (κ1) is 18.9. The minimum absolute atomic E-state index is 0.0175. The lowest BCUT2D eigenvalue weighted by Crippen LogP contribution is -2.46. The third-order valence-electron chi connectivity index (χ3n) is 3.00. The SMILES string of the molecule is CCC(C)C(NS(=O)(=O)CCCC(=O)OC)C(=O)OC. The number of nitrogens with one attached hydrogen (secondary N) is 1. The van der Waals surface area contributed by atoms with Crippen LogP contribution in [0, 0.1) is 5.92 Å². The van der Waals surface area contributed by atoms with E-state index in [9.17, 15) is 18.0 Å². The van der Waals surface area contributed by atoms with Gasteiger partial charge in [-0.05, 0) is 12.3 Å². The molecule has 0 aliphatic carbocycles. The summed E-state index contributed by atoms with van der Waals surface area (Å²) in [4.78, 5) is 22.5. The van der Waals surface area contributed by atoms with E-state index in [1.807, 2.05) is 6.92 Å². The summed E-state index contributed by atoms with van der Waals surface area (Å²) in [5.74, 6) is -1.51. The van der Waals surface area contributed by atoms with Gasteiger partial charge in [-0.15, -0.1) is 0 Å². The van der Waals surface area contributed by atoms with Crippen molar-refractivity contribution in [3.05, 3.63) is 0 Å². The number of esters is 2. The lowest BCUT2D eigenvalue weighted by atomic mass is 10.0. The van der Waals surface area contributed by atoms with Gasteiger partial charge in [-0.1, -0.05) is 20.3 Å². The first-order valence-electron chi connectivity index (χ1n) is 6.42. The van der Waals surface area contributed by atoms with E-state index in [1.54, 1.807) is 6.92 Å². The molecule has 0 aromatic rings. The zero-order chi connectivity index (χ0) is 15.8. The predicted octanol–water partition coefficient (Wildman–Crippen LogP) is 0.447. The molecule has 8 heteroatoms. The van der Waals surface area contributed by atoms with Crippen LogP contribution in [0.15, 0.2) is 0 Å². The molecule has 0 bridgehead atoms. The van der Waals surface area contributed by atoms with Gasteiger partial charge >= 0.3 is 11.9 Å². The fraction of sp³-hybridized carbons (Fsp3) is 0.833. The van der Waals surface area contributed by atoms with E-state index in [0.717, 1.165) is 0 Å². The maximum Gasteiger partial charge on any atom is 0.324 e. The van der Waals surface area contributed by atoms with Gasteiger partial charge in [-0.25, -0.2) is 13.1 Å². The highest BCUT2D eigenvalue weighted by Gasteiger charge is 2.29. The number of rotatable bonds is 9. The first-order chi connectivity index (χ1) is 9.27. The van der Waals surface area contributed by atoms with Crippen LogP contribution in [0.4, 0.5) is 0 Å². The molecule has 0 fully saturated rings. The van der Waals surface area contributed by atoms with Crippen LogP contribution < -0.4 is 4.72 Å². The molecule has 2 unspecified atom stereocenters. The predicted molar refractivity (Wildman–Crippen MR) is 73.4 cm³/mol. The Kier molecular flexibility index (Phi) is 8.40. The van der Waals surface area contributed by atoms with E-state index in [2.05, 4.69) is 14.2 Å². The smallest absolute Gasteiger partial charge is 0.324 e. The molecule has 0 aliphatic heterocycles. The minimum atomic E-state index is -3.65. The van der Waals surface area contributed by atoms with Gasteiger partial charge in [0.25, 0.3) is 0 Å². The summed E-state index contributed by atoms with van der Waals surface area (Å²) in [6.45, 7) is 3.62. The maximum absolute atomic E-state index is 11.9. The largest absolute Gasteiger partial charge is 0.469 e. The van der Waals surface area contributed by atoms with Crippen LogP contribution in [-0.2, 0) is 29.1 Å². The summed E-state index contributed by atoms with van der Waals surface area (Å²) in [5, 5.41) is 0. The zero-order valence-corrected chi connectivity index (χ0v) is 13.2. The first-order valence-corrected chi connectivity index (χ1v) is 8.07. The molecular weight excluding hydrogens is 286 g/mol. The summed E-state index contributed by atoms with van der Waals surface area (Å²) >= 11 is 0. The quantitative estimate of drug-likeness (QED) is 0.621. The number of hydrogen-bond acceptors (Lipinski definition) is 6. The monoisotopic (exact) mass is 309 g/mol. The topological polar surface area (TPSA) is 98.8 Å². The van der Waals surface area contributed by atoms with Crippen molar-refractivity contribution in [1.29, 1.82) is 0 Å². The number of methoxy groups -OCH3 is 2. The van der Waals surface area contributed by atoms with Gasteiger partial charge in [-0.2, -0.15) is 0 Å². The minimum Gasteiger partial charge on any atom is -0.469 e. The summed E-state index contributed by atoms with van der Waals surface area (Å²) in [7, 11) is -1.20. The molecule has 0 saturated carbocycles. The van der Waals surface area contributed by atoms with Crippen molar-refractivity contribution in [2.24, 2.45) is 5.92 Å². The summed E-state index contributed by atoms with van der Waals surface area (Å²) in [6, 6.07) is -0.909. The summed E-state index contributed by atoms with van der Waals surface area (Å²) in [5.41, 5.74) is 0. The number of carbonyl (C=O) groups excluding carboxylic acids is 2. The normalized spacial score (nSPS) is 14.4. The van der Waals surface area contributed by atoms with Crippen LogP contribution >= 0.6 is 0 Å². The molecule has 0 saturated heterocycles. The molecule has 0 aliphatic rings. The van der Waals surface area contributed by atoms with E-state index in [1.165, 1.54) is 14.2 Å². The molecule has 0 rings (SSSR count). The Balaban J connectivity index is 4.60. The highest BCUT2D eigenvalue weighted by Crippen LogP contribution is 2.11. The highest BCUT2D eigenvalue weighted by atomic mass is 32.2. The Morgan fingerprint density at radius 1 is 1.20 bits per heavy atom. The second-order valence-corrected chi connectivity index (χ2v) is 6.38. The van der Waals surface area contributed by atoms with Crippen LogP contribution in [-0.4, -0.2) is 46.4 Å². The maximum atomic E-state index is 11.9. The third-order valence-corrected chi connectivity index (χ3v) is 4.44. The number of ether oxygens (including phenoxy) is 2. The molecule has 0 amide bonds. The van der Waals surface area contributed by atoms with Crippen LogP contribution in [0.25, 0.3) is 0 Å². The zero-order valence-electron chi connectivity index (χ0n) is 12.3. The Labute approximate surface area is 120 Å². The molecule has 0 spiro atoms. The molecular formula is C12H23NO6S. The second kappa shape index (κ2) is 8.91.